The maximum Gasteiger partial charge on any atom is 0.235 e. The van der Waals surface area contributed by atoms with Gasteiger partial charge in [-0.05, 0) is 67.9 Å². The SMILES string of the molecule is CCC(C)(C)[C@H]1CCc2c(sc(NC(=O)CSc3nc(C)c4c(n3)CCC4)c2C#N)C1. The van der Waals surface area contributed by atoms with Crippen molar-refractivity contribution in [1.82, 2.24) is 9.97 Å². The van der Waals surface area contributed by atoms with Crippen LogP contribution in [-0.2, 0) is 30.5 Å². The van der Waals surface area contributed by atoms with E-state index in [4.69, 9.17) is 0 Å². The van der Waals surface area contributed by atoms with Gasteiger partial charge >= 0.3 is 0 Å². The number of nitrogens with one attached hydrogen (secondary N) is 1. The highest BCUT2D eigenvalue weighted by atomic mass is 32.2. The van der Waals surface area contributed by atoms with Crippen molar-refractivity contribution in [3.05, 3.63) is 33.0 Å². The Morgan fingerprint density at radius 2 is 2.10 bits per heavy atom. The lowest BCUT2D eigenvalue weighted by Crippen LogP contribution is -2.28. The second kappa shape index (κ2) is 8.91. The highest BCUT2D eigenvalue weighted by Gasteiger charge is 2.34. The standard InChI is InChI=1S/C24H30N4OS2/c1-5-24(3,4)15-9-10-17-18(12-25)22(31-20(17)11-15)28-21(29)13-30-23-26-14(2)16-7-6-8-19(16)27-23/h15H,5-11,13H2,1-4H3,(H,28,29)/t15-/m0/s1. The minimum absolute atomic E-state index is 0.104. The number of hydrogen-bond donors (Lipinski definition) is 1. The predicted octanol–water partition coefficient (Wildman–Crippen LogP) is 5.48. The summed E-state index contributed by atoms with van der Waals surface area (Å²) in [5.74, 6) is 0.763. The number of carbonyl (C=O) groups is 1. The summed E-state index contributed by atoms with van der Waals surface area (Å²) in [6.45, 7) is 8.95. The van der Waals surface area contributed by atoms with Gasteiger partial charge in [-0.15, -0.1) is 11.3 Å². The molecule has 2 aliphatic carbocycles. The molecule has 0 saturated carbocycles. The van der Waals surface area contributed by atoms with Crippen molar-refractivity contribution in [3.8, 4) is 6.07 Å². The number of fused-ring (bicyclic) bond motifs is 2. The first-order valence-corrected chi connectivity index (χ1v) is 13.0. The summed E-state index contributed by atoms with van der Waals surface area (Å²) in [6, 6.07) is 2.35. The molecule has 1 atom stereocenters. The van der Waals surface area contributed by atoms with Crippen LogP contribution in [0.1, 0.15) is 73.0 Å². The fraction of sp³-hybridized carbons (Fsp3) is 0.583. The van der Waals surface area contributed by atoms with Gasteiger partial charge < -0.3 is 5.32 Å². The molecule has 1 amide bonds. The quantitative estimate of drug-likeness (QED) is 0.462. The van der Waals surface area contributed by atoms with Crippen LogP contribution >= 0.6 is 23.1 Å². The van der Waals surface area contributed by atoms with E-state index in [-0.39, 0.29) is 11.7 Å². The van der Waals surface area contributed by atoms with E-state index in [1.54, 1.807) is 11.3 Å². The lowest BCUT2D eigenvalue weighted by molar-refractivity contribution is -0.113. The molecule has 4 rings (SSSR count). The van der Waals surface area contributed by atoms with Gasteiger partial charge in [0, 0.05) is 16.3 Å². The molecule has 0 fully saturated rings. The zero-order chi connectivity index (χ0) is 22.2. The van der Waals surface area contributed by atoms with E-state index in [9.17, 15) is 10.1 Å². The van der Waals surface area contributed by atoms with Gasteiger partial charge in [0.05, 0.1) is 11.3 Å². The number of aromatic nitrogens is 2. The van der Waals surface area contributed by atoms with Gasteiger partial charge in [-0.2, -0.15) is 5.26 Å². The average Bonchev–Trinajstić information content (AvgIpc) is 3.35. The molecule has 2 aromatic rings. The molecule has 2 aliphatic rings. The Labute approximate surface area is 193 Å². The fourth-order valence-electron chi connectivity index (χ4n) is 4.70. The average molecular weight is 455 g/mol. The van der Waals surface area contributed by atoms with Crippen LogP contribution < -0.4 is 5.32 Å². The van der Waals surface area contributed by atoms with E-state index in [0.717, 1.165) is 61.9 Å². The number of nitrogens with zero attached hydrogens (tertiary/aromatic N) is 3. The molecule has 0 aliphatic heterocycles. The van der Waals surface area contributed by atoms with E-state index in [1.165, 1.54) is 22.2 Å². The normalized spacial score (nSPS) is 17.7. The highest BCUT2D eigenvalue weighted by molar-refractivity contribution is 7.99. The van der Waals surface area contributed by atoms with Gasteiger partial charge in [0.1, 0.15) is 11.1 Å². The maximum absolute atomic E-state index is 12.7. The monoisotopic (exact) mass is 454 g/mol. The van der Waals surface area contributed by atoms with E-state index in [1.807, 2.05) is 6.92 Å². The summed E-state index contributed by atoms with van der Waals surface area (Å²) in [5, 5.41) is 14.1. The number of rotatable bonds is 6. The van der Waals surface area contributed by atoms with Gasteiger partial charge in [-0.25, -0.2) is 9.97 Å². The molecule has 2 heterocycles. The number of amides is 1. The second-order valence-corrected chi connectivity index (χ2v) is 11.4. The number of thiophene rings is 1. The van der Waals surface area contributed by atoms with Crippen molar-refractivity contribution < 1.29 is 4.79 Å². The van der Waals surface area contributed by atoms with Crippen LogP contribution in [-0.4, -0.2) is 21.6 Å². The third kappa shape index (κ3) is 4.51. The van der Waals surface area contributed by atoms with Gasteiger partial charge in [0.15, 0.2) is 5.16 Å². The van der Waals surface area contributed by atoms with Crippen LogP contribution in [0.25, 0.3) is 0 Å². The molecule has 0 radical (unpaired) electrons. The zero-order valence-electron chi connectivity index (χ0n) is 18.8. The molecule has 1 N–H and O–H groups in total. The Morgan fingerprint density at radius 3 is 2.84 bits per heavy atom. The van der Waals surface area contributed by atoms with Gasteiger partial charge in [-0.3, -0.25) is 4.79 Å². The van der Waals surface area contributed by atoms with Gasteiger partial charge in [0.2, 0.25) is 5.91 Å². The number of thioether (sulfide) groups is 1. The maximum atomic E-state index is 12.7. The van der Waals surface area contributed by atoms with Crippen molar-refractivity contribution in [3.63, 3.8) is 0 Å². The fourth-order valence-corrected chi connectivity index (χ4v) is 6.70. The second-order valence-electron chi connectivity index (χ2n) is 9.31. The van der Waals surface area contributed by atoms with Crippen LogP contribution in [0.15, 0.2) is 5.16 Å². The molecule has 2 aromatic heterocycles. The first-order valence-electron chi connectivity index (χ1n) is 11.2. The summed E-state index contributed by atoms with van der Waals surface area (Å²) >= 11 is 2.96. The molecule has 164 valence electrons. The van der Waals surface area contributed by atoms with Crippen LogP contribution in [0.3, 0.4) is 0 Å². The number of nitriles is 1. The summed E-state index contributed by atoms with van der Waals surface area (Å²) in [5.41, 5.74) is 5.56. The number of carbonyl (C=O) groups excluding carboxylic acids is 1. The molecular formula is C24H30N4OS2. The van der Waals surface area contributed by atoms with Crippen LogP contribution in [0.4, 0.5) is 5.00 Å². The van der Waals surface area contributed by atoms with E-state index in [0.29, 0.717) is 27.1 Å². The molecule has 0 spiro atoms. The lowest BCUT2D eigenvalue weighted by atomic mass is 9.69. The minimum atomic E-state index is -0.104. The number of hydrogen-bond acceptors (Lipinski definition) is 6. The summed E-state index contributed by atoms with van der Waals surface area (Å²) < 4.78 is 0. The van der Waals surface area contributed by atoms with Crippen LogP contribution in [0.2, 0.25) is 0 Å². The third-order valence-corrected chi connectivity index (χ3v) is 9.12. The molecule has 0 aromatic carbocycles. The Morgan fingerprint density at radius 1 is 1.29 bits per heavy atom. The summed E-state index contributed by atoms with van der Waals surface area (Å²) in [4.78, 5) is 23.2. The molecule has 0 saturated heterocycles. The van der Waals surface area contributed by atoms with Crippen molar-refractivity contribution in [2.75, 3.05) is 11.1 Å². The Bertz CT molecular complexity index is 1050. The summed E-state index contributed by atoms with van der Waals surface area (Å²) in [7, 11) is 0. The van der Waals surface area contributed by atoms with Crippen molar-refractivity contribution in [2.45, 2.75) is 77.8 Å². The molecule has 7 heteroatoms. The molecule has 0 bridgehead atoms. The number of aryl methyl sites for hydroxylation is 2. The molecule has 31 heavy (non-hydrogen) atoms. The number of anilines is 1. The lowest BCUT2D eigenvalue weighted by Gasteiger charge is -2.36. The van der Waals surface area contributed by atoms with Gasteiger partial charge in [0.25, 0.3) is 0 Å². The minimum Gasteiger partial charge on any atom is -0.316 e. The van der Waals surface area contributed by atoms with Crippen molar-refractivity contribution in [2.24, 2.45) is 11.3 Å². The first-order chi connectivity index (χ1) is 14.8. The van der Waals surface area contributed by atoms with Crippen LogP contribution in [0.5, 0.6) is 0 Å². The predicted molar refractivity (Wildman–Crippen MR) is 127 cm³/mol. The third-order valence-electron chi connectivity index (χ3n) is 7.10. The first kappa shape index (κ1) is 22.3. The van der Waals surface area contributed by atoms with Gasteiger partial charge in [-0.1, -0.05) is 39.0 Å². The molecule has 0 unspecified atom stereocenters. The van der Waals surface area contributed by atoms with Crippen LogP contribution in [0, 0.1) is 29.6 Å². The smallest absolute Gasteiger partial charge is 0.235 e. The Kier molecular flexibility index (Phi) is 6.41. The van der Waals surface area contributed by atoms with E-state index in [2.05, 4.69) is 42.1 Å². The van der Waals surface area contributed by atoms with E-state index >= 15 is 0 Å². The summed E-state index contributed by atoms with van der Waals surface area (Å²) in [6.07, 6.45) is 7.38. The van der Waals surface area contributed by atoms with Crippen molar-refractivity contribution in [1.29, 1.82) is 5.26 Å². The Hall–Kier alpha value is -1.91. The largest absolute Gasteiger partial charge is 0.316 e. The van der Waals surface area contributed by atoms with E-state index < -0.39 is 0 Å². The van der Waals surface area contributed by atoms with Crippen molar-refractivity contribution >= 4 is 34.0 Å². The molecular weight excluding hydrogens is 424 g/mol. The highest BCUT2D eigenvalue weighted by Crippen LogP contribution is 2.45. The zero-order valence-corrected chi connectivity index (χ0v) is 20.4. The molecule has 5 nitrogen and oxygen atoms in total. The Balaban J connectivity index is 1.43. The topological polar surface area (TPSA) is 78.7 Å².